The summed E-state index contributed by atoms with van der Waals surface area (Å²) in [7, 11) is 0. The molecule has 2 aromatic rings. The molecule has 0 unspecified atom stereocenters. The van der Waals surface area contributed by atoms with Gasteiger partial charge in [0.1, 0.15) is 0 Å². The zero-order valence-electron chi connectivity index (χ0n) is 13.6. The van der Waals surface area contributed by atoms with E-state index in [0.717, 1.165) is 35.5 Å². The van der Waals surface area contributed by atoms with Gasteiger partial charge in [-0.3, -0.25) is 4.79 Å². The molecular weight excluding hydrogens is 304 g/mol. The number of benzene rings is 2. The molecule has 0 radical (unpaired) electrons. The van der Waals surface area contributed by atoms with Gasteiger partial charge in [0.05, 0.1) is 12.2 Å². The Morgan fingerprint density at radius 3 is 2.70 bits per heavy atom. The highest BCUT2D eigenvalue weighted by Gasteiger charge is 2.17. The normalized spacial score (nSPS) is 14.1. The van der Waals surface area contributed by atoms with Crippen LogP contribution in [0.15, 0.2) is 47.4 Å². The van der Waals surface area contributed by atoms with Gasteiger partial charge < -0.3 is 10.2 Å². The number of fused-ring (bicyclic) bond motifs is 1. The molecule has 0 saturated heterocycles. The highest BCUT2D eigenvalue weighted by Crippen LogP contribution is 2.33. The molecule has 1 aliphatic heterocycles. The van der Waals surface area contributed by atoms with Crippen LogP contribution in [0, 0.1) is 13.8 Å². The molecule has 0 spiro atoms. The number of rotatable bonds is 3. The van der Waals surface area contributed by atoms with Crippen LogP contribution < -0.4 is 10.2 Å². The van der Waals surface area contributed by atoms with Gasteiger partial charge in [-0.25, -0.2) is 0 Å². The van der Waals surface area contributed by atoms with Gasteiger partial charge in [-0.2, -0.15) is 0 Å². The van der Waals surface area contributed by atoms with Crippen LogP contribution in [0.3, 0.4) is 0 Å². The van der Waals surface area contributed by atoms with Crippen LogP contribution in [-0.2, 0) is 4.79 Å². The molecule has 0 fully saturated rings. The van der Waals surface area contributed by atoms with E-state index in [2.05, 4.69) is 34.5 Å². The monoisotopic (exact) mass is 326 g/mol. The van der Waals surface area contributed by atoms with Crippen molar-refractivity contribution in [2.24, 2.45) is 0 Å². The summed E-state index contributed by atoms with van der Waals surface area (Å²) >= 11 is 1.87. The number of para-hydroxylation sites is 1. The first-order valence-corrected chi connectivity index (χ1v) is 8.95. The summed E-state index contributed by atoms with van der Waals surface area (Å²) in [5.41, 5.74) is 4.38. The number of anilines is 2. The van der Waals surface area contributed by atoms with Crippen molar-refractivity contribution in [2.45, 2.75) is 25.2 Å². The molecule has 0 bridgehead atoms. The van der Waals surface area contributed by atoms with E-state index < -0.39 is 0 Å². The van der Waals surface area contributed by atoms with Crippen LogP contribution in [0.2, 0.25) is 0 Å². The Balaban J connectivity index is 1.72. The van der Waals surface area contributed by atoms with Gasteiger partial charge in [-0.15, -0.1) is 11.8 Å². The van der Waals surface area contributed by atoms with E-state index >= 15 is 0 Å². The molecule has 0 aromatic heterocycles. The Bertz CT molecular complexity index is 694. The predicted molar refractivity (Wildman–Crippen MR) is 98.5 cm³/mol. The van der Waals surface area contributed by atoms with Crippen LogP contribution in [0.1, 0.15) is 17.5 Å². The lowest BCUT2D eigenvalue weighted by atomic mass is 10.1. The number of nitrogens with zero attached hydrogens (tertiary/aromatic N) is 1. The van der Waals surface area contributed by atoms with Crippen molar-refractivity contribution in [2.75, 3.05) is 29.1 Å². The Morgan fingerprint density at radius 1 is 1.17 bits per heavy atom. The Labute approximate surface area is 142 Å². The molecule has 1 amide bonds. The third-order valence-electron chi connectivity index (χ3n) is 3.88. The number of hydrogen-bond acceptors (Lipinski definition) is 3. The fourth-order valence-electron chi connectivity index (χ4n) is 2.98. The number of nitrogens with one attached hydrogen (secondary N) is 1. The number of aryl methyl sites for hydroxylation is 2. The molecule has 2 aromatic carbocycles. The predicted octanol–water partition coefficient (Wildman–Crippen LogP) is 4.24. The van der Waals surface area contributed by atoms with E-state index in [-0.39, 0.29) is 5.91 Å². The van der Waals surface area contributed by atoms with Gasteiger partial charge in [0.15, 0.2) is 0 Å². The Hall–Kier alpha value is -1.94. The molecule has 0 atom stereocenters. The smallest absolute Gasteiger partial charge is 0.243 e. The number of hydrogen-bond donors (Lipinski definition) is 1. The second kappa shape index (κ2) is 7.09. The molecule has 3 rings (SSSR count). The highest BCUT2D eigenvalue weighted by atomic mass is 32.2. The van der Waals surface area contributed by atoms with E-state index in [1.54, 1.807) is 0 Å². The van der Waals surface area contributed by atoms with Gasteiger partial charge in [0.25, 0.3) is 0 Å². The lowest BCUT2D eigenvalue weighted by molar-refractivity contribution is -0.115. The summed E-state index contributed by atoms with van der Waals surface area (Å²) in [5.74, 6) is 1.14. The lowest BCUT2D eigenvalue weighted by Crippen LogP contribution is -2.34. The SMILES string of the molecule is Cc1cc(C)cc(NC(=O)CN2CCCSc3ccccc32)c1. The largest absolute Gasteiger partial charge is 0.361 e. The van der Waals surface area contributed by atoms with E-state index in [1.165, 1.54) is 10.6 Å². The van der Waals surface area contributed by atoms with Gasteiger partial charge in [-0.1, -0.05) is 18.2 Å². The van der Waals surface area contributed by atoms with E-state index in [0.29, 0.717) is 6.54 Å². The summed E-state index contributed by atoms with van der Waals surface area (Å²) in [6.45, 7) is 5.41. The van der Waals surface area contributed by atoms with Gasteiger partial charge in [-0.05, 0) is 61.4 Å². The highest BCUT2D eigenvalue weighted by molar-refractivity contribution is 7.99. The fraction of sp³-hybridized carbons (Fsp3) is 0.316. The van der Waals surface area contributed by atoms with Crippen LogP contribution in [0.25, 0.3) is 0 Å². The zero-order valence-corrected chi connectivity index (χ0v) is 14.5. The minimum absolute atomic E-state index is 0.0386. The number of thioether (sulfide) groups is 1. The molecule has 0 saturated carbocycles. The molecule has 120 valence electrons. The molecule has 0 aliphatic carbocycles. The molecule has 4 heteroatoms. The van der Waals surface area contributed by atoms with E-state index in [4.69, 9.17) is 0 Å². The van der Waals surface area contributed by atoms with Crippen LogP contribution in [0.4, 0.5) is 11.4 Å². The maximum atomic E-state index is 12.5. The summed E-state index contributed by atoms with van der Waals surface area (Å²) in [6.07, 6.45) is 1.09. The maximum Gasteiger partial charge on any atom is 0.243 e. The van der Waals surface area contributed by atoms with Crippen LogP contribution in [0.5, 0.6) is 0 Å². The van der Waals surface area contributed by atoms with Crippen molar-refractivity contribution in [3.8, 4) is 0 Å². The number of carbonyl (C=O) groups is 1. The van der Waals surface area contributed by atoms with Gasteiger partial charge in [0.2, 0.25) is 5.91 Å². The minimum atomic E-state index is 0.0386. The van der Waals surface area contributed by atoms with E-state index in [9.17, 15) is 4.79 Å². The lowest BCUT2D eigenvalue weighted by Gasteiger charge is -2.24. The first kappa shape index (κ1) is 15.9. The average Bonchev–Trinajstić information content (AvgIpc) is 2.69. The van der Waals surface area contributed by atoms with Gasteiger partial charge in [0, 0.05) is 17.1 Å². The fourth-order valence-corrected chi connectivity index (χ4v) is 4.00. The van der Waals surface area contributed by atoms with Crippen molar-refractivity contribution in [1.29, 1.82) is 0 Å². The van der Waals surface area contributed by atoms with Crippen molar-refractivity contribution < 1.29 is 4.79 Å². The number of carbonyl (C=O) groups excluding carboxylic acids is 1. The zero-order chi connectivity index (χ0) is 16.2. The Kier molecular flexibility index (Phi) is 4.91. The quantitative estimate of drug-likeness (QED) is 0.915. The van der Waals surface area contributed by atoms with Gasteiger partial charge >= 0.3 is 0 Å². The first-order valence-electron chi connectivity index (χ1n) is 7.97. The summed E-state index contributed by atoms with van der Waals surface area (Å²) in [4.78, 5) is 15.9. The minimum Gasteiger partial charge on any atom is -0.361 e. The standard InChI is InChI=1S/C19H22N2OS/c1-14-10-15(2)12-16(11-14)20-19(22)13-21-8-5-9-23-18-7-4-3-6-17(18)21/h3-4,6-7,10-12H,5,8-9,13H2,1-2H3,(H,20,22). The average molecular weight is 326 g/mol. The second-order valence-electron chi connectivity index (χ2n) is 6.02. The molecular formula is C19H22N2OS. The molecule has 1 N–H and O–H groups in total. The van der Waals surface area contributed by atoms with Crippen molar-refractivity contribution in [1.82, 2.24) is 0 Å². The first-order chi connectivity index (χ1) is 11.1. The molecule has 1 heterocycles. The maximum absolute atomic E-state index is 12.5. The molecule has 3 nitrogen and oxygen atoms in total. The molecule has 1 aliphatic rings. The van der Waals surface area contributed by atoms with Crippen molar-refractivity contribution >= 4 is 29.0 Å². The summed E-state index contributed by atoms with van der Waals surface area (Å²) in [5, 5.41) is 3.03. The third-order valence-corrected chi connectivity index (χ3v) is 5.02. The van der Waals surface area contributed by atoms with Crippen LogP contribution in [-0.4, -0.2) is 24.7 Å². The molecule has 23 heavy (non-hydrogen) atoms. The van der Waals surface area contributed by atoms with Crippen LogP contribution >= 0.6 is 11.8 Å². The Morgan fingerprint density at radius 2 is 1.91 bits per heavy atom. The summed E-state index contributed by atoms with van der Waals surface area (Å²) < 4.78 is 0. The second-order valence-corrected chi connectivity index (χ2v) is 7.15. The topological polar surface area (TPSA) is 32.3 Å². The van der Waals surface area contributed by atoms with Crippen molar-refractivity contribution in [3.63, 3.8) is 0 Å². The third kappa shape index (κ3) is 4.08. The number of amides is 1. The van der Waals surface area contributed by atoms with Crippen molar-refractivity contribution in [3.05, 3.63) is 53.6 Å². The summed E-state index contributed by atoms with van der Waals surface area (Å²) in [6, 6.07) is 14.5. The van der Waals surface area contributed by atoms with E-state index in [1.807, 2.05) is 43.8 Å².